The molecule has 0 bridgehead atoms. The highest BCUT2D eigenvalue weighted by Crippen LogP contribution is 2.27. The van der Waals surface area contributed by atoms with Crippen LogP contribution in [0.2, 0.25) is 0 Å². The molecule has 2 aliphatic rings. The first kappa shape index (κ1) is 27.5. The zero-order valence-corrected chi connectivity index (χ0v) is 21.9. The van der Waals surface area contributed by atoms with Crippen molar-refractivity contribution in [1.82, 2.24) is 20.4 Å². The molecule has 2 aromatic carbocycles. The number of rotatable bonds is 12. The highest BCUT2D eigenvalue weighted by Gasteiger charge is 2.35. The molecule has 2 heterocycles. The second-order valence-electron chi connectivity index (χ2n) is 9.78. The Balaban J connectivity index is 1.30. The molecule has 0 aromatic heterocycles. The molecule has 4 rings (SSSR count). The summed E-state index contributed by atoms with van der Waals surface area (Å²) in [4.78, 5) is 52.7. The fraction of sp³-hybridized carbons (Fsp3) is 0.448. The van der Waals surface area contributed by atoms with Gasteiger partial charge in [0.1, 0.15) is 12.3 Å². The van der Waals surface area contributed by atoms with Gasteiger partial charge in [0, 0.05) is 51.8 Å². The van der Waals surface area contributed by atoms with Gasteiger partial charge in [0.2, 0.25) is 11.8 Å². The van der Waals surface area contributed by atoms with Gasteiger partial charge >= 0.3 is 0 Å². The van der Waals surface area contributed by atoms with Crippen LogP contribution in [0.3, 0.4) is 0 Å². The third-order valence-corrected chi connectivity index (χ3v) is 7.15. The standard InChI is InChI=1S/C29H36N4O5/c1-30-28(36)26(6-3-13-34)33-20-24-17-23(7-8-25(24)29(33)37)19-31-27(35)18-22-5-2-4-21(16-22)9-10-32-11-14-38-15-12-32/h2,4-5,7-8,13,16-17,26H,3,6,9-12,14-15,18-20H2,1H3,(H,30,36)(H,31,35). The molecule has 9 heteroatoms. The number of morpholine rings is 1. The number of ether oxygens (including phenoxy) is 1. The summed E-state index contributed by atoms with van der Waals surface area (Å²) in [5.74, 6) is -0.573. The van der Waals surface area contributed by atoms with Crippen molar-refractivity contribution in [3.8, 4) is 0 Å². The summed E-state index contributed by atoms with van der Waals surface area (Å²) in [6, 6.07) is 13.0. The van der Waals surface area contributed by atoms with Crippen LogP contribution < -0.4 is 10.6 Å². The Morgan fingerprint density at radius 1 is 1.08 bits per heavy atom. The molecule has 0 radical (unpaired) electrons. The normalized spacial score (nSPS) is 16.1. The predicted octanol–water partition coefficient (Wildman–Crippen LogP) is 1.47. The minimum absolute atomic E-state index is 0.0675. The van der Waals surface area contributed by atoms with Gasteiger partial charge in [-0.05, 0) is 41.2 Å². The van der Waals surface area contributed by atoms with Crippen molar-refractivity contribution >= 4 is 24.0 Å². The topological polar surface area (TPSA) is 108 Å². The van der Waals surface area contributed by atoms with Crippen LogP contribution >= 0.6 is 0 Å². The number of nitrogens with one attached hydrogen (secondary N) is 2. The highest BCUT2D eigenvalue weighted by atomic mass is 16.5. The lowest BCUT2D eigenvalue weighted by molar-refractivity contribution is -0.125. The number of hydrogen-bond donors (Lipinski definition) is 2. The molecule has 38 heavy (non-hydrogen) atoms. The third kappa shape index (κ3) is 7.05. The van der Waals surface area contributed by atoms with Crippen LogP contribution in [0.15, 0.2) is 42.5 Å². The maximum absolute atomic E-state index is 12.9. The zero-order chi connectivity index (χ0) is 26.9. The van der Waals surface area contributed by atoms with Crippen molar-refractivity contribution in [3.63, 3.8) is 0 Å². The number of fused-ring (bicyclic) bond motifs is 1. The van der Waals surface area contributed by atoms with E-state index >= 15 is 0 Å². The molecular formula is C29H36N4O5. The number of aldehydes is 1. The van der Waals surface area contributed by atoms with E-state index in [-0.39, 0.29) is 30.6 Å². The lowest BCUT2D eigenvalue weighted by Crippen LogP contribution is -2.46. The second kappa shape index (κ2) is 13.3. The Labute approximate surface area is 223 Å². The van der Waals surface area contributed by atoms with E-state index in [2.05, 4.69) is 27.7 Å². The molecule has 202 valence electrons. The van der Waals surface area contributed by atoms with E-state index < -0.39 is 6.04 Å². The largest absolute Gasteiger partial charge is 0.379 e. The molecule has 1 unspecified atom stereocenters. The fourth-order valence-electron chi connectivity index (χ4n) is 5.03. The first-order chi connectivity index (χ1) is 18.5. The number of nitrogens with zero attached hydrogens (tertiary/aromatic N) is 2. The molecule has 0 saturated carbocycles. The number of carbonyl (C=O) groups excluding carboxylic acids is 4. The molecule has 2 aliphatic heterocycles. The summed E-state index contributed by atoms with van der Waals surface area (Å²) in [7, 11) is 1.52. The predicted molar refractivity (Wildman–Crippen MR) is 142 cm³/mol. The summed E-state index contributed by atoms with van der Waals surface area (Å²) in [6.45, 7) is 5.13. The van der Waals surface area contributed by atoms with Crippen LogP contribution in [-0.4, -0.2) is 79.7 Å². The molecule has 0 aliphatic carbocycles. The first-order valence-corrected chi connectivity index (χ1v) is 13.2. The van der Waals surface area contributed by atoms with E-state index in [9.17, 15) is 19.2 Å². The molecule has 2 aromatic rings. The molecular weight excluding hydrogens is 484 g/mol. The Hall–Kier alpha value is -3.56. The summed E-state index contributed by atoms with van der Waals surface area (Å²) < 4.78 is 5.41. The van der Waals surface area contributed by atoms with Gasteiger partial charge in [-0.2, -0.15) is 0 Å². The van der Waals surface area contributed by atoms with E-state index in [1.807, 2.05) is 24.3 Å². The van der Waals surface area contributed by atoms with E-state index in [4.69, 9.17) is 4.74 Å². The molecule has 1 atom stereocenters. The van der Waals surface area contributed by atoms with Crippen LogP contribution in [-0.2, 0) is 45.1 Å². The van der Waals surface area contributed by atoms with Crippen molar-refractivity contribution in [2.45, 2.75) is 44.8 Å². The van der Waals surface area contributed by atoms with Crippen LogP contribution in [0, 0.1) is 0 Å². The van der Waals surface area contributed by atoms with Crippen LogP contribution in [0.4, 0.5) is 0 Å². The van der Waals surface area contributed by atoms with E-state index in [1.54, 1.807) is 6.07 Å². The summed E-state index contributed by atoms with van der Waals surface area (Å²) in [6.07, 6.45) is 2.47. The summed E-state index contributed by atoms with van der Waals surface area (Å²) >= 11 is 0. The monoisotopic (exact) mass is 520 g/mol. The quantitative estimate of drug-likeness (QED) is 0.411. The van der Waals surface area contributed by atoms with Crippen molar-refractivity contribution in [1.29, 1.82) is 0 Å². The number of carbonyl (C=O) groups is 4. The second-order valence-corrected chi connectivity index (χ2v) is 9.78. The van der Waals surface area contributed by atoms with Crippen molar-refractivity contribution in [2.24, 2.45) is 0 Å². The van der Waals surface area contributed by atoms with E-state index in [0.29, 0.717) is 25.1 Å². The SMILES string of the molecule is CNC(=O)C(CCC=O)N1Cc2cc(CNC(=O)Cc3cccc(CCN4CCOCC4)c3)ccc2C1=O. The lowest BCUT2D eigenvalue weighted by atomic mass is 10.0. The van der Waals surface area contributed by atoms with Gasteiger partial charge < -0.3 is 25.1 Å². The van der Waals surface area contributed by atoms with Gasteiger partial charge in [-0.15, -0.1) is 0 Å². The smallest absolute Gasteiger partial charge is 0.255 e. The summed E-state index contributed by atoms with van der Waals surface area (Å²) in [5, 5.41) is 5.56. The van der Waals surface area contributed by atoms with Gasteiger partial charge in [-0.1, -0.05) is 36.4 Å². The number of hydrogen-bond acceptors (Lipinski definition) is 6. The summed E-state index contributed by atoms with van der Waals surface area (Å²) in [5.41, 5.74) is 4.45. The van der Waals surface area contributed by atoms with Crippen molar-refractivity contribution in [3.05, 3.63) is 70.3 Å². The van der Waals surface area contributed by atoms with Gasteiger partial charge in [-0.3, -0.25) is 19.3 Å². The molecule has 9 nitrogen and oxygen atoms in total. The van der Waals surface area contributed by atoms with E-state index in [1.165, 1.54) is 17.5 Å². The van der Waals surface area contributed by atoms with Gasteiger partial charge in [0.15, 0.2) is 0 Å². The fourth-order valence-corrected chi connectivity index (χ4v) is 5.03. The zero-order valence-electron chi connectivity index (χ0n) is 21.9. The minimum Gasteiger partial charge on any atom is -0.379 e. The van der Waals surface area contributed by atoms with Crippen LogP contribution in [0.5, 0.6) is 0 Å². The van der Waals surface area contributed by atoms with Crippen molar-refractivity contribution < 1.29 is 23.9 Å². The highest BCUT2D eigenvalue weighted by molar-refractivity contribution is 6.01. The molecule has 0 spiro atoms. The number of benzene rings is 2. The number of amides is 3. The third-order valence-electron chi connectivity index (χ3n) is 7.15. The van der Waals surface area contributed by atoms with E-state index in [0.717, 1.165) is 62.2 Å². The Morgan fingerprint density at radius 2 is 1.87 bits per heavy atom. The average Bonchev–Trinajstić information content (AvgIpc) is 3.26. The van der Waals surface area contributed by atoms with Gasteiger partial charge in [0.25, 0.3) is 5.91 Å². The first-order valence-electron chi connectivity index (χ1n) is 13.2. The van der Waals surface area contributed by atoms with Crippen LogP contribution in [0.1, 0.15) is 45.5 Å². The van der Waals surface area contributed by atoms with Gasteiger partial charge in [-0.25, -0.2) is 0 Å². The maximum atomic E-state index is 12.9. The molecule has 3 amide bonds. The van der Waals surface area contributed by atoms with Crippen LogP contribution in [0.25, 0.3) is 0 Å². The Bertz CT molecular complexity index is 1160. The Morgan fingerprint density at radius 3 is 2.63 bits per heavy atom. The molecule has 2 N–H and O–H groups in total. The minimum atomic E-state index is -0.696. The molecule has 1 fully saturated rings. The lowest BCUT2D eigenvalue weighted by Gasteiger charge is -2.26. The van der Waals surface area contributed by atoms with Crippen molar-refractivity contribution in [2.75, 3.05) is 39.9 Å². The Kier molecular flexibility index (Phi) is 9.62. The average molecular weight is 521 g/mol. The number of likely N-dealkylation sites (N-methyl/N-ethyl adjacent to an activating group) is 1. The maximum Gasteiger partial charge on any atom is 0.255 e. The van der Waals surface area contributed by atoms with Gasteiger partial charge in [0.05, 0.1) is 19.6 Å². The molecule has 1 saturated heterocycles.